The van der Waals surface area contributed by atoms with Crippen LogP contribution in [0.4, 0.5) is 10.5 Å². The number of imide groups is 1. The van der Waals surface area contributed by atoms with Crippen LogP contribution in [0.3, 0.4) is 0 Å². The predicted octanol–water partition coefficient (Wildman–Crippen LogP) is 2.02. The molecule has 1 atom stereocenters. The van der Waals surface area contributed by atoms with E-state index in [1.165, 1.54) is 0 Å². The van der Waals surface area contributed by atoms with Crippen LogP contribution in [0.15, 0.2) is 48.5 Å². The Kier molecular flexibility index (Phi) is 5.60. The molecule has 3 N–H and O–H groups in total. The average molecular weight is 383 g/mol. The molecule has 1 heterocycles. The molecular formula is C20H21N3O5. The Labute approximate surface area is 162 Å². The zero-order valence-electron chi connectivity index (χ0n) is 15.6. The highest BCUT2D eigenvalue weighted by molar-refractivity contribution is 6.08. The fourth-order valence-electron chi connectivity index (χ4n) is 2.87. The van der Waals surface area contributed by atoms with Gasteiger partial charge in [0.15, 0.2) is 0 Å². The Balaban J connectivity index is 1.79. The number of benzene rings is 2. The second-order valence-corrected chi connectivity index (χ2v) is 6.41. The van der Waals surface area contributed by atoms with E-state index in [9.17, 15) is 14.4 Å². The number of carbonyl (C=O) groups is 3. The van der Waals surface area contributed by atoms with Crippen molar-refractivity contribution >= 4 is 23.5 Å². The molecule has 1 fully saturated rings. The van der Waals surface area contributed by atoms with Crippen LogP contribution in [-0.4, -0.2) is 38.2 Å². The maximum Gasteiger partial charge on any atom is 0.322 e. The molecule has 0 radical (unpaired) electrons. The molecule has 0 saturated carbocycles. The summed E-state index contributed by atoms with van der Waals surface area (Å²) in [4.78, 5) is 36.3. The summed E-state index contributed by atoms with van der Waals surface area (Å²) in [5, 5.41) is 7.62. The van der Waals surface area contributed by atoms with Crippen molar-refractivity contribution < 1.29 is 23.9 Å². The van der Waals surface area contributed by atoms with E-state index in [2.05, 4.69) is 16.0 Å². The van der Waals surface area contributed by atoms with E-state index in [4.69, 9.17) is 9.47 Å². The van der Waals surface area contributed by atoms with E-state index < -0.39 is 17.5 Å². The van der Waals surface area contributed by atoms with Crippen LogP contribution in [0.2, 0.25) is 0 Å². The Morgan fingerprint density at radius 2 is 1.89 bits per heavy atom. The summed E-state index contributed by atoms with van der Waals surface area (Å²) in [6.45, 7) is 2.33. The van der Waals surface area contributed by atoms with Gasteiger partial charge in [0.1, 0.15) is 17.9 Å². The Hall–Kier alpha value is -3.39. The standard InChI is InChI=1S/C20H21N3O5/c1-20(18(25)22-19(26)23-20)13-6-5-7-14(12-13)21-17(24)15-8-3-4-9-16(15)28-11-10-27-2/h3-9,12H,10-11H2,1-2H3,(H,21,24)(H2,22,23,25,26). The number of anilines is 1. The molecule has 0 bridgehead atoms. The van der Waals surface area contributed by atoms with Crippen LogP contribution in [0, 0.1) is 0 Å². The van der Waals surface area contributed by atoms with Gasteiger partial charge in [0.05, 0.1) is 12.2 Å². The van der Waals surface area contributed by atoms with Gasteiger partial charge in [-0.25, -0.2) is 4.79 Å². The molecule has 1 aliphatic heterocycles. The first-order chi connectivity index (χ1) is 13.4. The van der Waals surface area contributed by atoms with Crippen molar-refractivity contribution in [3.8, 4) is 5.75 Å². The van der Waals surface area contributed by atoms with Crippen molar-refractivity contribution in [1.82, 2.24) is 10.6 Å². The summed E-state index contributed by atoms with van der Waals surface area (Å²) in [6, 6.07) is 13.1. The summed E-state index contributed by atoms with van der Waals surface area (Å²) in [5.41, 5.74) is 0.226. The molecule has 1 unspecified atom stereocenters. The number of nitrogens with one attached hydrogen (secondary N) is 3. The molecule has 4 amide bonds. The summed E-state index contributed by atoms with van der Waals surface area (Å²) in [7, 11) is 1.57. The lowest BCUT2D eigenvalue weighted by molar-refractivity contribution is -0.123. The Morgan fingerprint density at radius 1 is 1.11 bits per heavy atom. The smallest absolute Gasteiger partial charge is 0.322 e. The van der Waals surface area contributed by atoms with E-state index >= 15 is 0 Å². The first kappa shape index (κ1) is 19.4. The number of para-hydroxylation sites is 1. The van der Waals surface area contributed by atoms with Gasteiger partial charge < -0.3 is 20.1 Å². The predicted molar refractivity (Wildman–Crippen MR) is 102 cm³/mol. The molecule has 2 aromatic carbocycles. The molecule has 8 heteroatoms. The molecule has 0 aliphatic carbocycles. The van der Waals surface area contributed by atoms with Gasteiger partial charge in [0.25, 0.3) is 11.8 Å². The van der Waals surface area contributed by atoms with Crippen LogP contribution in [0.25, 0.3) is 0 Å². The zero-order chi connectivity index (χ0) is 20.1. The lowest BCUT2D eigenvalue weighted by Gasteiger charge is -2.21. The van der Waals surface area contributed by atoms with Crippen molar-refractivity contribution in [3.05, 3.63) is 59.7 Å². The number of rotatable bonds is 7. The number of amides is 4. The van der Waals surface area contributed by atoms with Gasteiger partial charge >= 0.3 is 6.03 Å². The van der Waals surface area contributed by atoms with Crippen LogP contribution in [0.1, 0.15) is 22.8 Å². The van der Waals surface area contributed by atoms with Gasteiger partial charge in [-0.05, 0) is 36.8 Å². The van der Waals surface area contributed by atoms with E-state index in [-0.39, 0.29) is 5.91 Å². The molecule has 8 nitrogen and oxygen atoms in total. The van der Waals surface area contributed by atoms with Crippen molar-refractivity contribution in [2.45, 2.75) is 12.5 Å². The molecule has 146 valence electrons. The molecule has 2 aromatic rings. The molecule has 1 aliphatic rings. The number of ether oxygens (including phenoxy) is 2. The highest BCUT2D eigenvalue weighted by atomic mass is 16.5. The summed E-state index contributed by atoms with van der Waals surface area (Å²) >= 11 is 0. The maximum absolute atomic E-state index is 12.7. The monoisotopic (exact) mass is 383 g/mol. The van der Waals surface area contributed by atoms with E-state index in [0.29, 0.717) is 35.8 Å². The van der Waals surface area contributed by atoms with Crippen LogP contribution >= 0.6 is 0 Å². The second kappa shape index (κ2) is 8.10. The van der Waals surface area contributed by atoms with Crippen LogP contribution in [-0.2, 0) is 15.1 Å². The summed E-state index contributed by atoms with van der Waals surface area (Å²) in [6.07, 6.45) is 0. The lowest BCUT2D eigenvalue weighted by atomic mass is 9.92. The van der Waals surface area contributed by atoms with Crippen molar-refractivity contribution in [2.75, 3.05) is 25.6 Å². The molecule has 3 rings (SSSR count). The number of hydrogen-bond donors (Lipinski definition) is 3. The van der Waals surface area contributed by atoms with Gasteiger partial charge in [-0.15, -0.1) is 0 Å². The maximum atomic E-state index is 12.7. The normalized spacial score (nSPS) is 18.4. The Morgan fingerprint density at radius 3 is 2.61 bits per heavy atom. The molecular weight excluding hydrogens is 362 g/mol. The van der Waals surface area contributed by atoms with E-state index in [1.54, 1.807) is 62.6 Å². The van der Waals surface area contributed by atoms with E-state index in [1.807, 2.05) is 0 Å². The minimum atomic E-state index is -1.20. The second-order valence-electron chi connectivity index (χ2n) is 6.41. The van der Waals surface area contributed by atoms with Gasteiger partial charge in [0, 0.05) is 12.8 Å². The number of hydrogen-bond acceptors (Lipinski definition) is 5. The largest absolute Gasteiger partial charge is 0.490 e. The minimum Gasteiger partial charge on any atom is -0.490 e. The highest BCUT2D eigenvalue weighted by Crippen LogP contribution is 2.27. The quantitative estimate of drug-likeness (QED) is 0.501. The lowest BCUT2D eigenvalue weighted by Crippen LogP contribution is -2.40. The molecule has 0 spiro atoms. The molecule has 1 saturated heterocycles. The van der Waals surface area contributed by atoms with E-state index in [0.717, 1.165) is 0 Å². The fraction of sp³-hybridized carbons (Fsp3) is 0.250. The number of methoxy groups -OCH3 is 1. The Bertz CT molecular complexity index is 914. The van der Waals surface area contributed by atoms with Crippen LogP contribution in [0.5, 0.6) is 5.75 Å². The SMILES string of the molecule is COCCOc1ccccc1C(=O)Nc1cccc(C2(C)NC(=O)NC2=O)c1. The topological polar surface area (TPSA) is 106 Å². The van der Waals surface area contributed by atoms with Crippen molar-refractivity contribution in [1.29, 1.82) is 0 Å². The minimum absolute atomic E-state index is 0.323. The van der Waals surface area contributed by atoms with Gasteiger partial charge in [-0.3, -0.25) is 14.9 Å². The van der Waals surface area contributed by atoms with Crippen molar-refractivity contribution in [3.63, 3.8) is 0 Å². The fourth-order valence-corrected chi connectivity index (χ4v) is 2.87. The third-order valence-electron chi connectivity index (χ3n) is 4.42. The van der Waals surface area contributed by atoms with Gasteiger partial charge in [-0.1, -0.05) is 24.3 Å². The first-order valence-electron chi connectivity index (χ1n) is 8.70. The van der Waals surface area contributed by atoms with Crippen LogP contribution < -0.4 is 20.7 Å². The zero-order valence-corrected chi connectivity index (χ0v) is 15.6. The summed E-state index contributed by atoms with van der Waals surface area (Å²) < 4.78 is 10.6. The third-order valence-corrected chi connectivity index (χ3v) is 4.42. The van der Waals surface area contributed by atoms with Gasteiger partial charge in [0.2, 0.25) is 0 Å². The number of urea groups is 1. The van der Waals surface area contributed by atoms with Crippen molar-refractivity contribution in [2.24, 2.45) is 0 Å². The highest BCUT2D eigenvalue weighted by Gasteiger charge is 2.43. The molecule has 0 aromatic heterocycles. The molecule has 28 heavy (non-hydrogen) atoms. The number of carbonyl (C=O) groups excluding carboxylic acids is 3. The summed E-state index contributed by atoms with van der Waals surface area (Å²) in [5.74, 6) is -0.351. The van der Waals surface area contributed by atoms with Gasteiger partial charge in [-0.2, -0.15) is 0 Å². The first-order valence-corrected chi connectivity index (χ1v) is 8.70. The third kappa shape index (κ3) is 3.96. The average Bonchev–Trinajstić information content (AvgIpc) is 2.95.